The van der Waals surface area contributed by atoms with Crippen molar-refractivity contribution in [2.24, 2.45) is 0 Å². The Morgan fingerprint density at radius 3 is 2.23 bits per heavy atom. The van der Waals surface area contributed by atoms with Crippen LogP contribution in [0.3, 0.4) is 0 Å². The molecule has 0 bridgehead atoms. The van der Waals surface area contributed by atoms with Gasteiger partial charge >= 0.3 is 0 Å². The molecule has 0 unspecified atom stereocenters. The normalized spacial score (nSPS) is 12.1. The first-order chi connectivity index (χ1) is 27.6. The molecule has 4 nitrogen and oxygen atoms in total. The lowest BCUT2D eigenvalue weighted by Crippen LogP contribution is -1.98. The van der Waals surface area contributed by atoms with Gasteiger partial charge in [-0.1, -0.05) is 97.1 Å². The molecular formula is C50H30N4S2. The van der Waals surface area contributed by atoms with E-state index in [0.29, 0.717) is 5.82 Å². The summed E-state index contributed by atoms with van der Waals surface area (Å²) in [5.74, 6) is 0.700. The minimum atomic E-state index is 0.700. The monoisotopic (exact) mass is 750 g/mol. The van der Waals surface area contributed by atoms with Gasteiger partial charge in [-0.2, -0.15) is 0 Å². The van der Waals surface area contributed by atoms with Crippen LogP contribution in [0.2, 0.25) is 0 Å². The summed E-state index contributed by atoms with van der Waals surface area (Å²) in [6.07, 6.45) is 5.69. The van der Waals surface area contributed by atoms with Crippen molar-refractivity contribution in [2.45, 2.75) is 6.92 Å². The molecule has 0 aliphatic carbocycles. The summed E-state index contributed by atoms with van der Waals surface area (Å²) in [6, 6.07) is 48.5. The Bertz CT molecular complexity index is 3640. The van der Waals surface area contributed by atoms with E-state index in [1.165, 1.54) is 63.0 Å². The molecule has 0 fully saturated rings. The van der Waals surface area contributed by atoms with Crippen LogP contribution in [0.15, 0.2) is 152 Å². The number of benzene rings is 7. The number of aromatic nitrogens is 4. The molecular weight excluding hydrogens is 721 g/mol. The molecule has 5 aromatic heterocycles. The van der Waals surface area contributed by atoms with Gasteiger partial charge < -0.3 is 4.57 Å². The van der Waals surface area contributed by atoms with E-state index in [0.717, 1.165) is 54.4 Å². The highest BCUT2D eigenvalue weighted by Gasteiger charge is 2.24. The Hall–Kier alpha value is -6.73. The van der Waals surface area contributed by atoms with Gasteiger partial charge in [-0.25, -0.2) is 9.97 Å². The Kier molecular flexibility index (Phi) is 6.71. The first-order valence-electron chi connectivity index (χ1n) is 18.7. The van der Waals surface area contributed by atoms with E-state index in [4.69, 9.17) is 9.97 Å². The van der Waals surface area contributed by atoms with Crippen LogP contribution >= 0.6 is 22.7 Å². The molecule has 6 heteroatoms. The van der Waals surface area contributed by atoms with Crippen molar-refractivity contribution in [3.8, 4) is 28.3 Å². The van der Waals surface area contributed by atoms with E-state index in [-0.39, 0.29) is 0 Å². The van der Waals surface area contributed by atoms with Crippen molar-refractivity contribution in [1.82, 2.24) is 19.5 Å². The lowest BCUT2D eigenvalue weighted by Gasteiger charge is -2.14. The van der Waals surface area contributed by atoms with Crippen LogP contribution in [0.4, 0.5) is 0 Å². The molecule has 0 aliphatic rings. The number of thiophene rings is 2. The Morgan fingerprint density at radius 2 is 1.38 bits per heavy atom. The molecule has 12 rings (SSSR count). The van der Waals surface area contributed by atoms with Crippen molar-refractivity contribution < 1.29 is 0 Å². The number of rotatable bonds is 4. The summed E-state index contributed by atoms with van der Waals surface area (Å²) < 4.78 is 7.36. The quantitative estimate of drug-likeness (QED) is 0.180. The van der Waals surface area contributed by atoms with Crippen LogP contribution in [-0.2, 0) is 0 Å². The van der Waals surface area contributed by atoms with Crippen molar-refractivity contribution in [3.05, 3.63) is 164 Å². The van der Waals surface area contributed by atoms with Crippen molar-refractivity contribution in [3.63, 3.8) is 0 Å². The first-order valence-corrected chi connectivity index (χ1v) is 20.3. The maximum Gasteiger partial charge on any atom is 0.160 e. The third-order valence-electron chi connectivity index (χ3n) is 11.2. The van der Waals surface area contributed by atoms with Gasteiger partial charge in [0.05, 0.1) is 26.9 Å². The number of aryl methyl sites for hydroxylation is 1. The highest BCUT2D eigenvalue weighted by atomic mass is 32.1. The Labute approximate surface area is 329 Å². The number of pyridine rings is 1. The van der Waals surface area contributed by atoms with Gasteiger partial charge in [0, 0.05) is 81.0 Å². The van der Waals surface area contributed by atoms with Crippen LogP contribution in [0.5, 0.6) is 0 Å². The zero-order valence-corrected chi connectivity index (χ0v) is 31.9. The second-order valence-corrected chi connectivity index (χ2v) is 16.7. The topological polar surface area (TPSA) is 43.6 Å². The van der Waals surface area contributed by atoms with Crippen LogP contribution in [0.25, 0.3) is 118 Å². The van der Waals surface area contributed by atoms with E-state index in [2.05, 4.69) is 150 Å². The fraction of sp³-hybridized carbons (Fsp3) is 0.0200. The minimum absolute atomic E-state index is 0.700. The predicted octanol–water partition coefficient (Wildman–Crippen LogP) is 14.3. The predicted molar refractivity (Wildman–Crippen MR) is 241 cm³/mol. The maximum atomic E-state index is 5.44. The zero-order chi connectivity index (χ0) is 37.1. The molecule has 0 aliphatic heterocycles. The van der Waals surface area contributed by atoms with E-state index < -0.39 is 0 Å². The summed E-state index contributed by atoms with van der Waals surface area (Å²) in [6.45, 7) is 6.49. The molecule has 5 heterocycles. The molecule has 0 amide bonds. The van der Waals surface area contributed by atoms with Gasteiger partial charge in [0.1, 0.15) is 0 Å². The highest BCUT2D eigenvalue weighted by Crippen LogP contribution is 2.48. The number of hydrogen-bond acceptors (Lipinski definition) is 5. The second kappa shape index (κ2) is 11.9. The summed E-state index contributed by atoms with van der Waals surface area (Å²) in [5.41, 5.74) is 9.62. The molecule has 0 saturated carbocycles. The standard InChI is InChI=1S/C50H30N4S2/c1-3-29-23-33(45-49-46(38-13-7-9-15-42(38)56-49)53-50(52-45)31-17-18-32-27-51-21-20-30(32)25-31)26-34(24-29)54-40-19-16-28(2)22-39(40)43-35-10-4-5-11-36(35)48-44(47(43)54)37-12-6-8-14-41(37)55-48/h3-27H,1H2,2H3. The first kappa shape index (κ1) is 31.6. The largest absolute Gasteiger partial charge is 0.308 e. The third kappa shape index (κ3) is 4.54. The number of nitrogens with zero attached hydrogens (tertiary/aromatic N) is 4. The van der Waals surface area contributed by atoms with E-state index in [9.17, 15) is 0 Å². The lowest BCUT2D eigenvalue weighted by atomic mass is 9.99. The molecule has 0 saturated heterocycles. The molecule has 0 N–H and O–H groups in total. The SMILES string of the molecule is C=Cc1cc(-c2nc(-c3ccc4cnccc4c3)nc3c2sc2ccccc23)cc(-n2c3ccc(C)cc3c3c4ccccc4c4sc5ccccc5c4c32)c1. The number of fused-ring (bicyclic) bond motifs is 14. The van der Waals surface area contributed by atoms with Crippen molar-refractivity contribution >= 4 is 113 Å². The second-order valence-electron chi connectivity index (χ2n) is 14.6. The fourth-order valence-electron chi connectivity index (χ4n) is 8.71. The lowest BCUT2D eigenvalue weighted by molar-refractivity contribution is 1.18. The van der Waals surface area contributed by atoms with Gasteiger partial charge in [-0.15, -0.1) is 22.7 Å². The summed E-state index contributed by atoms with van der Waals surface area (Å²) >= 11 is 3.64. The third-order valence-corrected chi connectivity index (χ3v) is 13.6. The molecule has 262 valence electrons. The molecule has 7 aromatic carbocycles. The van der Waals surface area contributed by atoms with Gasteiger partial charge in [-0.3, -0.25) is 4.98 Å². The van der Waals surface area contributed by atoms with E-state index in [1.54, 1.807) is 11.3 Å². The minimum Gasteiger partial charge on any atom is -0.308 e. The van der Waals surface area contributed by atoms with Crippen LogP contribution in [0, 0.1) is 6.92 Å². The summed E-state index contributed by atoms with van der Waals surface area (Å²) in [7, 11) is 0. The van der Waals surface area contributed by atoms with Crippen LogP contribution in [-0.4, -0.2) is 19.5 Å². The molecule has 56 heavy (non-hydrogen) atoms. The highest BCUT2D eigenvalue weighted by molar-refractivity contribution is 7.27. The van der Waals surface area contributed by atoms with Gasteiger partial charge in [0.2, 0.25) is 0 Å². The summed E-state index contributed by atoms with van der Waals surface area (Å²) in [5, 5.41) is 11.0. The van der Waals surface area contributed by atoms with Crippen molar-refractivity contribution in [1.29, 1.82) is 0 Å². The van der Waals surface area contributed by atoms with Crippen LogP contribution < -0.4 is 0 Å². The van der Waals surface area contributed by atoms with Crippen molar-refractivity contribution in [2.75, 3.05) is 0 Å². The van der Waals surface area contributed by atoms with E-state index >= 15 is 0 Å². The van der Waals surface area contributed by atoms with Gasteiger partial charge in [-0.05, 0) is 77.9 Å². The zero-order valence-electron chi connectivity index (χ0n) is 30.2. The van der Waals surface area contributed by atoms with Gasteiger partial charge in [0.25, 0.3) is 0 Å². The summed E-state index contributed by atoms with van der Waals surface area (Å²) in [4.78, 5) is 15.0. The molecule has 0 atom stereocenters. The molecule has 0 spiro atoms. The Balaban J connectivity index is 1.21. The van der Waals surface area contributed by atoms with E-state index in [1.807, 2.05) is 35.9 Å². The molecule has 12 aromatic rings. The fourth-order valence-corrected chi connectivity index (χ4v) is 11.1. The van der Waals surface area contributed by atoms with Gasteiger partial charge in [0.15, 0.2) is 5.82 Å². The van der Waals surface area contributed by atoms with Crippen LogP contribution in [0.1, 0.15) is 11.1 Å². The number of hydrogen-bond donors (Lipinski definition) is 0. The average molecular weight is 751 g/mol. The smallest absolute Gasteiger partial charge is 0.160 e. The molecule has 0 radical (unpaired) electrons. The maximum absolute atomic E-state index is 5.44. The Morgan fingerprint density at radius 1 is 0.607 bits per heavy atom. The average Bonchev–Trinajstić information content (AvgIpc) is 3.93.